The summed E-state index contributed by atoms with van der Waals surface area (Å²) in [7, 11) is 0. The number of carbonyl (C=O) groups excluding carboxylic acids is 1. The fourth-order valence-corrected chi connectivity index (χ4v) is 2.25. The Balaban J connectivity index is 1.96. The van der Waals surface area contributed by atoms with E-state index in [0.29, 0.717) is 21.9 Å². The lowest BCUT2D eigenvalue weighted by molar-refractivity contribution is -0.384. The highest BCUT2D eigenvalue weighted by atomic mass is 16.6. The molecule has 2 N–H and O–H groups in total. The summed E-state index contributed by atoms with van der Waals surface area (Å²) in [6, 6.07) is 12.5. The van der Waals surface area contributed by atoms with Crippen molar-refractivity contribution in [1.82, 2.24) is 5.06 Å². The van der Waals surface area contributed by atoms with Crippen LogP contribution in [0.4, 0.5) is 11.4 Å². The van der Waals surface area contributed by atoms with Crippen LogP contribution in [-0.2, 0) is 0 Å². The SMILES string of the molecule is O=C1c2ccccc2N[C@H](c2ccc([N+](=O)[O-])cc2)N1O. The first kappa shape index (κ1) is 13.1. The number of para-hydroxylation sites is 1. The molecule has 0 unspecified atom stereocenters. The number of anilines is 1. The second-order valence-corrected chi connectivity index (χ2v) is 4.59. The van der Waals surface area contributed by atoms with E-state index in [0.717, 1.165) is 0 Å². The molecule has 7 heteroatoms. The number of nitrogens with one attached hydrogen (secondary N) is 1. The van der Waals surface area contributed by atoms with Gasteiger partial charge in [-0.1, -0.05) is 12.1 Å². The molecule has 1 aliphatic heterocycles. The summed E-state index contributed by atoms with van der Waals surface area (Å²) >= 11 is 0. The van der Waals surface area contributed by atoms with Gasteiger partial charge in [-0.2, -0.15) is 5.06 Å². The number of hydroxylamine groups is 2. The van der Waals surface area contributed by atoms with Crippen LogP contribution in [0.3, 0.4) is 0 Å². The summed E-state index contributed by atoms with van der Waals surface area (Å²) in [5.74, 6) is -0.521. The lowest BCUT2D eigenvalue weighted by atomic mass is 10.1. The van der Waals surface area contributed by atoms with Crippen molar-refractivity contribution >= 4 is 17.3 Å². The maximum Gasteiger partial charge on any atom is 0.281 e. The summed E-state index contributed by atoms with van der Waals surface area (Å²) in [5.41, 5.74) is 1.48. The van der Waals surface area contributed by atoms with Gasteiger partial charge in [0.2, 0.25) is 0 Å². The van der Waals surface area contributed by atoms with Crippen LogP contribution in [0.2, 0.25) is 0 Å². The van der Waals surface area contributed by atoms with Crippen LogP contribution in [-0.4, -0.2) is 21.1 Å². The molecular weight excluding hydrogens is 274 g/mol. The molecule has 0 spiro atoms. The van der Waals surface area contributed by atoms with Crippen molar-refractivity contribution in [3.8, 4) is 0 Å². The molecule has 1 heterocycles. The van der Waals surface area contributed by atoms with E-state index < -0.39 is 17.0 Å². The molecule has 0 aromatic heterocycles. The zero-order valence-electron chi connectivity index (χ0n) is 10.8. The smallest absolute Gasteiger partial charge is 0.281 e. The molecule has 0 bridgehead atoms. The molecule has 106 valence electrons. The number of non-ortho nitro benzene ring substituents is 1. The molecule has 0 saturated heterocycles. The van der Waals surface area contributed by atoms with E-state index >= 15 is 0 Å². The number of fused-ring (bicyclic) bond motifs is 1. The van der Waals surface area contributed by atoms with Gasteiger partial charge in [-0.3, -0.25) is 20.1 Å². The number of nitro groups is 1. The monoisotopic (exact) mass is 285 g/mol. The fourth-order valence-electron chi connectivity index (χ4n) is 2.25. The van der Waals surface area contributed by atoms with Crippen LogP contribution in [0, 0.1) is 10.1 Å². The summed E-state index contributed by atoms with van der Waals surface area (Å²) < 4.78 is 0. The Kier molecular flexibility index (Phi) is 3.03. The number of carbonyl (C=O) groups is 1. The van der Waals surface area contributed by atoms with Gasteiger partial charge in [0.05, 0.1) is 10.5 Å². The predicted molar refractivity (Wildman–Crippen MR) is 73.9 cm³/mol. The van der Waals surface area contributed by atoms with E-state index in [9.17, 15) is 20.1 Å². The first-order chi connectivity index (χ1) is 10.1. The predicted octanol–water partition coefficient (Wildman–Crippen LogP) is 2.55. The van der Waals surface area contributed by atoms with Gasteiger partial charge in [0.1, 0.15) is 0 Å². The molecule has 0 fully saturated rings. The minimum Gasteiger partial charge on any atom is -0.359 e. The Hall–Kier alpha value is -2.93. The molecule has 2 aromatic carbocycles. The molecule has 3 rings (SSSR count). The summed E-state index contributed by atoms with van der Waals surface area (Å²) in [6.07, 6.45) is -0.784. The normalized spacial score (nSPS) is 17.1. The van der Waals surface area contributed by atoms with Crippen molar-refractivity contribution in [3.63, 3.8) is 0 Å². The highest BCUT2D eigenvalue weighted by Gasteiger charge is 2.32. The van der Waals surface area contributed by atoms with E-state index in [2.05, 4.69) is 5.32 Å². The van der Waals surface area contributed by atoms with E-state index in [1.807, 2.05) is 0 Å². The molecule has 0 aliphatic carbocycles. The Labute approximate surface area is 119 Å². The summed E-state index contributed by atoms with van der Waals surface area (Å²) in [6.45, 7) is 0. The third kappa shape index (κ3) is 2.19. The van der Waals surface area contributed by atoms with Crippen molar-refractivity contribution in [3.05, 3.63) is 69.8 Å². The van der Waals surface area contributed by atoms with Crippen LogP contribution in [0.15, 0.2) is 48.5 Å². The molecule has 0 radical (unpaired) electrons. The number of hydrogen-bond donors (Lipinski definition) is 2. The second-order valence-electron chi connectivity index (χ2n) is 4.59. The highest BCUT2D eigenvalue weighted by molar-refractivity contribution is 6.00. The largest absolute Gasteiger partial charge is 0.359 e. The van der Waals surface area contributed by atoms with E-state index in [1.165, 1.54) is 24.3 Å². The third-order valence-electron chi connectivity index (χ3n) is 3.32. The number of nitrogens with zero attached hydrogens (tertiary/aromatic N) is 2. The van der Waals surface area contributed by atoms with Gasteiger partial charge in [-0.05, 0) is 29.8 Å². The number of hydrogen-bond acceptors (Lipinski definition) is 5. The second kappa shape index (κ2) is 4.88. The Bertz CT molecular complexity index is 714. The van der Waals surface area contributed by atoms with E-state index in [4.69, 9.17) is 0 Å². The molecule has 0 saturated carbocycles. The van der Waals surface area contributed by atoms with Gasteiger partial charge < -0.3 is 5.32 Å². The van der Waals surface area contributed by atoms with Crippen LogP contribution in [0.5, 0.6) is 0 Å². The van der Waals surface area contributed by atoms with Gasteiger partial charge in [-0.25, -0.2) is 0 Å². The fraction of sp³-hybridized carbons (Fsp3) is 0.0714. The number of nitro benzene ring substituents is 1. The number of amides is 1. The van der Waals surface area contributed by atoms with Crippen molar-refractivity contribution in [2.75, 3.05) is 5.32 Å². The minimum absolute atomic E-state index is 0.0502. The van der Waals surface area contributed by atoms with Crippen molar-refractivity contribution in [2.45, 2.75) is 6.17 Å². The minimum atomic E-state index is -0.784. The van der Waals surface area contributed by atoms with Crippen LogP contribution < -0.4 is 5.32 Å². The van der Waals surface area contributed by atoms with Gasteiger partial charge in [0, 0.05) is 17.8 Å². The number of rotatable bonds is 2. The van der Waals surface area contributed by atoms with Crippen molar-refractivity contribution < 1.29 is 14.9 Å². The maximum atomic E-state index is 12.1. The Morgan fingerprint density at radius 2 is 1.81 bits per heavy atom. The molecular formula is C14H11N3O4. The Morgan fingerprint density at radius 1 is 1.14 bits per heavy atom. The standard InChI is InChI=1S/C14H11N3O4/c18-14-11-3-1-2-4-12(11)15-13(16(14)19)9-5-7-10(8-6-9)17(20)21/h1-8,13,15,19H/t13-/m0/s1. The molecule has 1 amide bonds. The average Bonchev–Trinajstić information content (AvgIpc) is 2.51. The van der Waals surface area contributed by atoms with Crippen LogP contribution in [0.1, 0.15) is 22.1 Å². The zero-order valence-corrected chi connectivity index (χ0v) is 10.8. The van der Waals surface area contributed by atoms with Crippen LogP contribution in [0.25, 0.3) is 0 Å². The topological polar surface area (TPSA) is 95.7 Å². The molecule has 2 aromatic rings. The van der Waals surface area contributed by atoms with Gasteiger partial charge >= 0.3 is 0 Å². The molecule has 7 nitrogen and oxygen atoms in total. The van der Waals surface area contributed by atoms with Crippen LogP contribution >= 0.6 is 0 Å². The molecule has 21 heavy (non-hydrogen) atoms. The average molecular weight is 285 g/mol. The molecule has 1 aliphatic rings. The summed E-state index contributed by atoms with van der Waals surface area (Å²) in [5, 5.41) is 24.3. The Morgan fingerprint density at radius 3 is 2.48 bits per heavy atom. The van der Waals surface area contributed by atoms with E-state index in [1.54, 1.807) is 24.3 Å². The first-order valence-electron chi connectivity index (χ1n) is 6.20. The summed E-state index contributed by atoms with van der Waals surface area (Å²) in [4.78, 5) is 22.2. The van der Waals surface area contributed by atoms with Gasteiger partial charge in [0.25, 0.3) is 11.6 Å². The van der Waals surface area contributed by atoms with Crippen molar-refractivity contribution in [2.24, 2.45) is 0 Å². The van der Waals surface area contributed by atoms with Gasteiger partial charge in [0.15, 0.2) is 6.17 Å². The quantitative estimate of drug-likeness (QED) is 0.502. The third-order valence-corrected chi connectivity index (χ3v) is 3.32. The first-order valence-corrected chi connectivity index (χ1v) is 6.20. The number of benzene rings is 2. The lowest BCUT2D eigenvalue weighted by Gasteiger charge is -2.33. The molecule has 1 atom stereocenters. The lowest BCUT2D eigenvalue weighted by Crippen LogP contribution is -2.40. The highest BCUT2D eigenvalue weighted by Crippen LogP contribution is 2.32. The van der Waals surface area contributed by atoms with E-state index in [-0.39, 0.29) is 5.69 Å². The van der Waals surface area contributed by atoms with Crippen molar-refractivity contribution in [1.29, 1.82) is 0 Å². The zero-order chi connectivity index (χ0) is 15.0. The maximum absolute atomic E-state index is 12.1. The van der Waals surface area contributed by atoms with Gasteiger partial charge in [-0.15, -0.1) is 0 Å².